The third kappa shape index (κ3) is 11.4. The molecule has 0 aliphatic carbocycles. The zero-order valence-electron chi connectivity index (χ0n) is 23.5. The van der Waals surface area contributed by atoms with Gasteiger partial charge in [-0.05, 0) is 48.2 Å². The number of hydrogen-bond donors (Lipinski definition) is 1. The molecule has 2 aromatic carbocycles. The van der Waals surface area contributed by atoms with Crippen LogP contribution in [-0.4, -0.2) is 105 Å². The first-order chi connectivity index (χ1) is 19.7. The minimum Gasteiger partial charge on any atom is -0.493 e. The molecular formula is C29H42O11. The van der Waals surface area contributed by atoms with Crippen LogP contribution in [0, 0.1) is 0 Å². The number of aliphatic hydroxyl groups excluding tert-OH is 1. The van der Waals surface area contributed by atoms with Gasteiger partial charge in [0.2, 0.25) is 12.5 Å². The van der Waals surface area contributed by atoms with Gasteiger partial charge in [-0.15, -0.1) is 0 Å². The fraction of sp³-hybridized carbons (Fsp3) is 0.586. The largest absolute Gasteiger partial charge is 0.493 e. The number of methoxy groups -OCH3 is 2. The maximum absolute atomic E-state index is 8.60. The summed E-state index contributed by atoms with van der Waals surface area (Å²) in [5.41, 5.74) is 2.23. The highest BCUT2D eigenvalue weighted by Gasteiger charge is 2.20. The molecule has 1 aliphatic heterocycles. The van der Waals surface area contributed by atoms with E-state index in [4.69, 9.17) is 52.5 Å². The summed E-state index contributed by atoms with van der Waals surface area (Å²) in [6.45, 7) is 5.17. The smallest absolute Gasteiger partial charge is 0.231 e. The van der Waals surface area contributed by atoms with Gasteiger partial charge in [-0.3, -0.25) is 0 Å². The van der Waals surface area contributed by atoms with Crippen molar-refractivity contribution in [2.45, 2.75) is 12.8 Å². The normalized spacial score (nSPS) is 12.1. The Labute approximate surface area is 236 Å². The highest BCUT2D eigenvalue weighted by molar-refractivity contribution is 5.55. The summed E-state index contributed by atoms with van der Waals surface area (Å²) in [6, 6.07) is 9.94. The van der Waals surface area contributed by atoms with E-state index < -0.39 is 0 Å². The molecule has 0 fully saturated rings. The number of aryl methyl sites for hydroxylation is 2. The molecule has 0 radical (unpaired) electrons. The van der Waals surface area contributed by atoms with Crippen LogP contribution in [0.15, 0.2) is 30.3 Å². The Balaban J connectivity index is 1.27. The molecule has 0 saturated carbocycles. The standard InChI is InChI=1S/C29H42O11/c1-31-25-6-5-23(19-26(25)32-2)3-4-24-20-27(29-28(21-24)39-22-40-29)38-18-17-37-16-15-36-14-13-35-12-11-34-10-9-33-8-7-30/h5-6,19-21,30H,3-4,7-18,22H2,1-2H3. The highest BCUT2D eigenvalue weighted by atomic mass is 16.7. The molecule has 0 saturated heterocycles. The van der Waals surface area contributed by atoms with Crippen molar-refractivity contribution >= 4 is 0 Å². The van der Waals surface area contributed by atoms with Gasteiger partial charge in [0.25, 0.3) is 0 Å². The molecule has 1 N–H and O–H groups in total. The first kappa shape index (κ1) is 31.7. The molecule has 3 rings (SSSR count). The van der Waals surface area contributed by atoms with Crippen LogP contribution in [0.1, 0.15) is 11.1 Å². The van der Waals surface area contributed by atoms with Gasteiger partial charge in [-0.25, -0.2) is 0 Å². The van der Waals surface area contributed by atoms with E-state index in [0.717, 1.165) is 24.0 Å². The van der Waals surface area contributed by atoms with Crippen LogP contribution >= 0.6 is 0 Å². The topological polar surface area (TPSA) is 113 Å². The van der Waals surface area contributed by atoms with Crippen molar-refractivity contribution in [3.05, 3.63) is 41.5 Å². The first-order valence-electron chi connectivity index (χ1n) is 13.5. The lowest BCUT2D eigenvalue weighted by molar-refractivity contribution is -0.0147. The average molecular weight is 567 g/mol. The zero-order valence-corrected chi connectivity index (χ0v) is 23.5. The summed E-state index contributed by atoms with van der Waals surface area (Å²) < 4.78 is 55.0. The number of rotatable bonds is 23. The van der Waals surface area contributed by atoms with Crippen LogP contribution in [0.5, 0.6) is 28.7 Å². The molecular weight excluding hydrogens is 524 g/mol. The first-order valence-corrected chi connectivity index (χ1v) is 13.5. The van der Waals surface area contributed by atoms with Gasteiger partial charge in [0, 0.05) is 0 Å². The summed E-state index contributed by atoms with van der Waals surface area (Å²) in [7, 11) is 3.26. The van der Waals surface area contributed by atoms with Crippen LogP contribution < -0.4 is 23.7 Å². The van der Waals surface area contributed by atoms with Gasteiger partial charge in [0.15, 0.2) is 23.0 Å². The third-order valence-corrected chi connectivity index (χ3v) is 5.86. The Kier molecular flexibility index (Phi) is 15.3. The molecule has 0 amide bonds. The van der Waals surface area contributed by atoms with Crippen molar-refractivity contribution in [1.29, 1.82) is 0 Å². The molecule has 1 heterocycles. The molecule has 0 atom stereocenters. The molecule has 11 nitrogen and oxygen atoms in total. The molecule has 0 aromatic heterocycles. The second kappa shape index (κ2) is 19.3. The molecule has 11 heteroatoms. The van der Waals surface area contributed by atoms with E-state index >= 15 is 0 Å². The Morgan fingerprint density at radius 1 is 0.600 bits per heavy atom. The minimum absolute atomic E-state index is 0.0214. The van der Waals surface area contributed by atoms with E-state index in [1.807, 2.05) is 30.3 Å². The van der Waals surface area contributed by atoms with Crippen molar-refractivity contribution in [3.8, 4) is 28.7 Å². The number of ether oxygens (including phenoxy) is 10. The van der Waals surface area contributed by atoms with E-state index in [1.54, 1.807) is 14.2 Å². The Hall–Kier alpha value is -2.80. The van der Waals surface area contributed by atoms with Crippen molar-refractivity contribution in [1.82, 2.24) is 0 Å². The summed E-state index contributed by atoms with van der Waals surface area (Å²) in [4.78, 5) is 0. The lowest BCUT2D eigenvalue weighted by Gasteiger charge is -2.12. The van der Waals surface area contributed by atoms with Crippen molar-refractivity contribution in [2.24, 2.45) is 0 Å². The maximum atomic E-state index is 8.60. The van der Waals surface area contributed by atoms with Gasteiger partial charge >= 0.3 is 0 Å². The van der Waals surface area contributed by atoms with E-state index in [0.29, 0.717) is 101 Å². The van der Waals surface area contributed by atoms with Crippen LogP contribution in [0.25, 0.3) is 0 Å². The molecule has 224 valence electrons. The highest BCUT2D eigenvalue weighted by Crippen LogP contribution is 2.42. The molecule has 0 bridgehead atoms. The molecule has 0 spiro atoms. The maximum Gasteiger partial charge on any atom is 0.231 e. The quantitative estimate of drug-likeness (QED) is 0.200. The van der Waals surface area contributed by atoms with Crippen LogP contribution in [0.3, 0.4) is 0 Å². The van der Waals surface area contributed by atoms with Crippen molar-refractivity contribution in [2.75, 3.05) is 100 Å². The Bertz CT molecular complexity index is 969. The van der Waals surface area contributed by atoms with E-state index in [1.165, 1.54) is 0 Å². The van der Waals surface area contributed by atoms with Crippen LogP contribution in [0.4, 0.5) is 0 Å². The number of hydrogen-bond acceptors (Lipinski definition) is 11. The SMILES string of the molecule is COc1ccc(CCc2cc(OCCOCCOCCOCCOCCOCCO)c3c(c2)OCO3)cc1OC. The third-order valence-electron chi connectivity index (χ3n) is 5.86. The fourth-order valence-corrected chi connectivity index (χ4v) is 3.87. The number of fused-ring (bicyclic) bond motifs is 1. The summed E-state index contributed by atoms with van der Waals surface area (Å²) in [5.74, 6) is 3.39. The molecule has 2 aromatic rings. The second-order valence-corrected chi connectivity index (χ2v) is 8.65. The van der Waals surface area contributed by atoms with E-state index in [9.17, 15) is 0 Å². The summed E-state index contributed by atoms with van der Waals surface area (Å²) >= 11 is 0. The zero-order chi connectivity index (χ0) is 28.3. The second-order valence-electron chi connectivity index (χ2n) is 8.65. The molecule has 1 aliphatic rings. The van der Waals surface area contributed by atoms with Gasteiger partial charge < -0.3 is 52.5 Å². The lowest BCUT2D eigenvalue weighted by Crippen LogP contribution is -2.14. The Morgan fingerprint density at radius 3 is 1.75 bits per heavy atom. The van der Waals surface area contributed by atoms with Crippen LogP contribution in [0.2, 0.25) is 0 Å². The average Bonchev–Trinajstić information content (AvgIpc) is 3.46. The summed E-state index contributed by atoms with van der Waals surface area (Å²) in [5, 5.41) is 8.60. The summed E-state index contributed by atoms with van der Waals surface area (Å²) in [6.07, 6.45) is 1.62. The predicted molar refractivity (Wildman–Crippen MR) is 146 cm³/mol. The predicted octanol–water partition coefficient (Wildman–Crippen LogP) is 2.67. The van der Waals surface area contributed by atoms with Gasteiger partial charge in [0.1, 0.15) is 6.61 Å². The molecule has 40 heavy (non-hydrogen) atoms. The number of benzene rings is 2. The van der Waals surface area contributed by atoms with Gasteiger partial charge in [0.05, 0.1) is 86.9 Å². The fourth-order valence-electron chi connectivity index (χ4n) is 3.87. The lowest BCUT2D eigenvalue weighted by atomic mass is 10.0. The van der Waals surface area contributed by atoms with Gasteiger partial charge in [-0.2, -0.15) is 0 Å². The molecule has 0 unspecified atom stereocenters. The van der Waals surface area contributed by atoms with Crippen LogP contribution in [-0.2, 0) is 36.5 Å². The Morgan fingerprint density at radius 2 is 1.15 bits per heavy atom. The van der Waals surface area contributed by atoms with Crippen molar-refractivity contribution in [3.63, 3.8) is 0 Å². The van der Waals surface area contributed by atoms with Gasteiger partial charge in [-0.1, -0.05) is 6.07 Å². The minimum atomic E-state index is 0.0214. The number of aliphatic hydroxyl groups is 1. The monoisotopic (exact) mass is 566 g/mol. The van der Waals surface area contributed by atoms with E-state index in [2.05, 4.69) is 0 Å². The van der Waals surface area contributed by atoms with Crippen molar-refractivity contribution < 1.29 is 52.5 Å². The van der Waals surface area contributed by atoms with E-state index in [-0.39, 0.29) is 13.4 Å².